The standard InChI is InChI=1S/C15H12O4/c16-10-6-12(17)15-11(9-4-2-1-3-5-9)8-14(18)19-13(15)7-10/h1-8,14,16-18H. The summed E-state index contributed by atoms with van der Waals surface area (Å²) in [6.07, 6.45) is 0.415. The van der Waals surface area contributed by atoms with E-state index >= 15 is 0 Å². The summed E-state index contributed by atoms with van der Waals surface area (Å²) in [5.74, 6) is 0.0566. The van der Waals surface area contributed by atoms with E-state index in [-0.39, 0.29) is 17.2 Å². The zero-order chi connectivity index (χ0) is 13.4. The molecule has 1 aliphatic heterocycles. The minimum absolute atomic E-state index is 0.0861. The number of aliphatic hydroxyl groups is 1. The molecule has 0 aromatic heterocycles. The number of benzene rings is 2. The molecular weight excluding hydrogens is 244 g/mol. The smallest absolute Gasteiger partial charge is 0.218 e. The van der Waals surface area contributed by atoms with Gasteiger partial charge in [0.05, 0.1) is 5.56 Å². The predicted molar refractivity (Wildman–Crippen MR) is 69.9 cm³/mol. The number of hydrogen-bond donors (Lipinski definition) is 3. The van der Waals surface area contributed by atoms with Crippen molar-refractivity contribution in [2.24, 2.45) is 0 Å². The van der Waals surface area contributed by atoms with Crippen LogP contribution in [0.5, 0.6) is 17.2 Å². The minimum atomic E-state index is -1.11. The fourth-order valence-electron chi connectivity index (χ4n) is 2.20. The fraction of sp³-hybridized carbons (Fsp3) is 0.0667. The second kappa shape index (κ2) is 4.33. The van der Waals surface area contributed by atoms with Gasteiger partial charge in [0.15, 0.2) is 0 Å². The van der Waals surface area contributed by atoms with Crippen molar-refractivity contribution in [1.29, 1.82) is 0 Å². The summed E-state index contributed by atoms with van der Waals surface area (Å²) in [5, 5.41) is 29.2. The first kappa shape index (κ1) is 11.6. The van der Waals surface area contributed by atoms with Crippen molar-refractivity contribution in [2.45, 2.75) is 6.29 Å². The first-order valence-electron chi connectivity index (χ1n) is 5.83. The molecule has 4 nitrogen and oxygen atoms in total. The van der Waals surface area contributed by atoms with Crippen molar-refractivity contribution >= 4 is 5.57 Å². The molecule has 0 fully saturated rings. The van der Waals surface area contributed by atoms with Gasteiger partial charge < -0.3 is 20.1 Å². The molecule has 2 aromatic carbocycles. The summed E-state index contributed by atoms with van der Waals surface area (Å²) in [6, 6.07) is 12.0. The maximum Gasteiger partial charge on any atom is 0.218 e. The molecule has 1 unspecified atom stereocenters. The largest absolute Gasteiger partial charge is 0.508 e. The lowest BCUT2D eigenvalue weighted by Gasteiger charge is -2.23. The molecule has 3 N–H and O–H groups in total. The lowest BCUT2D eigenvalue weighted by Crippen LogP contribution is -2.18. The molecule has 0 amide bonds. The predicted octanol–water partition coefficient (Wildman–Crippen LogP) is 2.24. The monoisotopic (exact) mass is 256 g/mol. The Kier molecular flexibility index (Phi) is 2.65. The number of ether oxygens (including phenoxy) is 1. The second-order valence-electron chi connectivity index (χ2n) is 4.29. The highest BCUT2D eigenvalue weighted by atomic mass is 16.6. The minimum Gasteiger partial charge on any atom is -0.508 e. The molecule has 3 rings (SSSR count). The molecule has 0 saturated heterocycles. The highest BCUT2D eigenvalue weighted by molar-refractivity contribution is 5.87. The fourth-order valence-corrected chi connectivity index (χ4v) is 2.20. The van der Waals surface area contributed by atoms with Crippen molar-refractivity contribution in [3.05, 3.63) is 59.7 Å². The molecular formula is C15H12O4. The first-order valence-corrected chi connectivity index (χ1v) is 5.83. The van der Waals surface area contributed by atoms with Crippen LogP contribution in [-0.2, 0) is 0 Å². The van der Waals surface area contributed by atoms with E-state index in [4.69, 9.17) is 4.74 Å². The lowest BCUT2D eigenvalue weighted by atomic mass is 9.94. The Morgan fingerprint density at radius 2 is 1.74 bits per heavy atom. The molecule has 0 radical (unpaired) electrons. The van der Waals surface area contributed by atoms with Gasteiger partial charge in [-0.15, -0.1) is 0 Å². The van der Waals surface area contributed by atoms with Crippen LogP contribution in [0.15, 0.2) is 48.5 Å². The van der Waals surface area contributed by atoms with Crippen LogP contribution in [0, 0.1) is 0 Å². The summed E-state index contributed by atoms with van der Waals surface area (Å²) in [5.41, 5.74) is 1.99. The summed E-state index contributed by atoms with van der Waals surface area (Å²) >= 11 is 0. The maximum absolute atomic E-state index is 9.99. The summed E-state index contributed by atoms with van der Waals surface area (Å²) in [7, 11) is 0. The van der Waals surface area contributed by atoms with E-state index in [9.17, 15) is 15.3 Å². The quantitative estimate of drug-likeness (QED) is 0.731. The Labute approximate surface area is 109 Å². The third kappa shape index (κ3) is 2.02. The molecule has 4 heteroatoms. The Hall–Kier alpha value is -2.46. The molecule has 19 heavy (non-hydrogen) atoms. The van der Waals surface area contributed by atoms with E-state index in [0.29, 0.717) is 11.1 Å². The van der Waals surface area contributed by atoms with Crippen LogP contribution in [0.1, 0.15) is 11.1 Å². The first-order chi connectivity index (χ1) is 9.15. The Morgan fingerprint density at radius 1 is 1.00 bits per heavy atom. The van der Waals surface area contributed by atoms with Crippen molar-refractivity contribution in [3.63, 3.8) is 0 Å². The van der Waals surface area contributed by atoms with Crippen LogP contribution in [0.25, 0.3) is 5.57 Å². The third-order valence-electron chi connectivity index (χ3n) is 2.98. The van der Waals surface area contributed by atoms with E-state index in [1.165, 1.54) is 18.2 Å². The van der Waals surface area contributed by atoms with Gasteiger partial charge in [-0.05, 0) is 17.2 Å². The molecule has 1 atom stereocenters. The lowest BCUT2D eigenvalue weighted by molar-refractivity contribution is 0.0223. The van der Waals surface area contributed by atoms with E-state index in [1.807, 2.05) is 30.3 Å². The third-order valence-corrected chi connectivity index (χ3v) is 2.98. The molecule has 96 valence electrons. The van der Waals surface area contributed by atoms with Crippen LogP contribution < -0.4 is 4.74 Å². The summed E-state index contributed by atoms with van der Waals surface area (Å²) in [4.78, 5) is 0. The van der Waals surface area contributed by atoms with Gasteiger partial charge in [-0.1, -0.05) is 30.3 Å². The molecule has 2 aromatic rings. The summed E-state index contributed by atoms with van der Waals surface area (Å²) < 4.78 is 5.20. The average Bonchev–Trinajstić information content (AvgIpc) is 2.38. The van der Waals surface area contributed by atoms with E-state index in [1.54, 1.807) is 0 Å². The van der Waals surface area contributed by atoms with Crippen LogP contribution in [0.4, 0.5) is 0 Å². The Balaban J connectivity index is 2.22. The number of aromatic hydroxyl groups is 2. The van der Waals surface area contributed by atoms with Gasteiger partial charge in [-0.2, -0.15) is 0 Å². The SMILES string of the molecule is Oc1cc(O)c2c(c1)OC(O)C=C2c1ccccc1. The number of phenols is 2. The van der Waals surface area contributed by atoms with Crippen LogP contribution >= 0.6 is 0 Å². The van der Waals surface area contributed by atoms with E-state index < -0.39 is 6.29 Å². The van der Waals surface area contributed by atoms with Crippen molar-refractivity contribution in [1.82, 2.24) is 0 Å². The topological polar surface area (TPSA) is 69.9 Å². The maximum atomic E-state index is 9.99. The molecule has 0 aliphatic carbocycles. The molecule has 0 bridgehead atoms. The summed E-state index contributed by atoms with van der Waals surface area (Å²) in [6.45, 7) is 0. The van der Waals surface area contributed by atoms with E-state index in [2.05, 4.69) is 0 Å². The molecule has 1 aliphatic rings. The van der Waals surface area contributed by atoms with Crippen LogP contribution in [0.3, 0.4) is 0 Å². The highest BCUT2D eigenvalue weighted by Crippen LogP contribution is 2.43. The zero-order valence-electron chi connectivity index (χ0n) is 9.95. The Morgan fingerprint density at radius 3 is 2.47 bits per heavy atom. The van der Waals surface area contributed by atoms with Gasteiger partial charge >= 0.3 is 0 Å². The number of aliphatic hydroxyl groups excluding tert-OH is 1. The van der Waals surface area contributed by atoms with Crippen molar-refractivity contribution in [3.8, 4) is 17.2 Å². The van der Waals surface area contributed by atoms with E-state index in [0.717, 1.165) is 5.56 Å². The zero-order valence-corrected chi connectivity index (χ0v) is 9.95. The highest BCUT2D eigenvalue weighted by Gasteiger charge is 2.24. The van der Waals surface area contributed by atoms with Gasteiger partial charge in [0.1, 0.15) is 17.2 Å². The number of hydrogen-bond acceptors (Lipinski definition) is 4. The van der Waals surface area contributed by atoms with Crippen molar-refractivity contribution in [2.75, 3.05) is 0 Å². The van der Waals surface area contributed by atoms with Gasteiger partial charge in [-0.25, -0.2) is 0 Å². The average molecular weight is 256 g/mol. The Bertz CT molecular complexity index is 647. The van der Waals surface area contributed by atoms with Gasteiger partial charge in [0.2, 0.25) is 6.29 Å². The normalized spacial score (nSPS) is 17.3. The van der Waals surface area contributed by atoms with Crippen LogP contribution in [0.2, 0.25) is 0 Å². The number of phenolic OH excluding ortho intramolecular Hbond substituents is 2. The van der Waals surface area contributed by atoms with Gasteiger partial charge in [0.25, 0.3) is 0 Å². The van der Waals surface area contributed by atoms with Gasteiger partial charge in [0, 0.05) is 12.1 Å². The number of rotatable bonds is 1. The molecule has 0 saturated carbocycles. The molecule has 0 spiro atoms. The number of fused-ring (bicyclic) bond motifs is 1. The van der Waals surface area contributed by atoms with Crippen molar-refractivity contribution < 1.29 is 20.1 Å². The van der Waals surface area contributed by atoms with Gasteiger partial charge in [-0.3, -0.25) is 0 Å². The second-order valence-corrected chi connectivity index (χ2v) is 4.29. The molecule has 1 heterocycles. The van der Waals surface area contributed by atoms with Crippen LogP contribution in [-0.4, -0.2) is 21.6 Å².